The summed E-state index contributed by atoms with van der Waals surface area (Å²) in [7, 11) is 0. The lowest BCUT2D eigenvalue weighted by molar-refractivity contribution is 0.0427. The zero-order valence-electron chi connectivity index (χ0n) is 14.8. The number of fused-ring (bicyclic) bond motifs is 9. The number of carbonyl (C=O) groups is 4. The van der Waals surface area contributed by atoms with Gasteiger partial charge in [0, 0.05) is 0 Å². The van der Waals surface area contributed by atoms with Crippen LogP contribution in [0.25, 0.3) is 0 Å². The van der Waals surface area contributed by atoms with Crippen LogP contribution < -0.4 is 0 Å². The molecule has 2 heterocycles. The van der Waals surface area contributed by atoms with Gasteiger partial charge in [-0.2, -0.15) is 0 Å². The number of ether oxygens (including phenoxy) is 2. The molecule has 0 unspecified atom stereocenters. The van der Waals surface area contributed by atoms with Gasteiger partial charge in [0.25, 0.3) is 0 Å². The first kappa shape index (κ1) is 20.6. The Morgan fingerprint density at radius 3 is 1.36 bits per heavy atom. The maximum atomic E-state index is 11.5. The molecule has 0 atom stereocenters. The van der Waals surface area contributed by atoms with Gasteiger partial charge in [-0.05, 0) is 49.2 Å². The third-order valence-electron chi connectivity index (χ3n) is 3.75. The van der Waals surface area contributed by atoms with Crippen molar-refractivity contribution in [1.29, 1.82) is 0 Å². The van der Waals surface area contributed by atoms with Crippen molar-refractivity contribution >= 4 is 23.9 Å². The van der Waals surface area contributed by atoms with Gasteiger partial charge in [0.1, 0.15) is 0 Å². The standard InChI is InChI=1S/C12H12O4.C8H6O4/c13-11-9-3-5-10(6-4-9)12(14)16-8-2-1-7-15-11;9-7(10)5-3-1-2-4-6(5)8(11)12/h3-6H,1-2,7-8H2;1-4H,(H,9,10)(H,11,12). The Labute approximate surface area is 160 Å². The molecule has 28 heavy (non-hydrogen) atoms. The van der Waals surface area contributed by atoms with Crippen LogP contribution in [0.4, 0.5) is 0 Å². The van der Waals surface area contributed by atoms with Crippen molar-refractivity contribution in [2.75, 3.05) is 13.2 Å². The van der Waals surface area contributed by atoms with E-state index in [1.807, 2.05) is 0 Å². The molecule has 146 valence electrons. The zero-order valence-corrected chi connectivity index (χ0v) is 14.8. The Morgan fingerprint density at radius 2 is 1.04 bits per heavy atom. The minimum absolute atomic E-state index is 0.190. The monoisotopic (exact) mass is 386 g/mol. The average Bonchev–Trinajstić information content (AvgIpc) is 2.69. The number of carbonyl (C=O) groups excluding carboxylic acids is 2. The second-order valence-electron chi connectivity index (χ2n) is 5.71. The van der Waals surface area contributed by atoms with Crippen LogP contribution in [0.1, 0.15) is 54.3 Å². The molecule has 2 aromatic carbocycles. The molecule has 2 aliphatic heterocycles. The molecule has 0 aliphatic carbocycles. The molecule has 0 saturated carbocycles. The van der Waals surface area contributed by atoms with Gasteiger partial charge in [0.05, 0.1) is 35.5 Å². The number of benzene rings is 2. The summed E-state index contributed by atoms with van der Waals surface area (Å²) in [5.41, 5.74) is 0.532. The molecule has 2 aromatic rings. The molecule has 4 rings (SSSR count). The van der Waals surface area contributed by atoms with Crippen molar-refractivity contribution in [2.24, 2.45) is 0 Å². The first-order chi connectivity index (χ1) is 13.4. The van der Waals surface area contributed by atoms with Gasteiger partial charge in [0.2, 0.25) is 0 Å². The molecule has 0 saturated heterocycles. The summed E-state index contributed by atoms with van der Waals surface area (Å²) in [6, 6.07) is 11.8. The number of aromatic carboxylic acids is 2. The summed E-state index contributed by atoms with van der Waals surface area (Å²) in [6.07, 6.45) is 1.41. The zero-order chi connectivity index (χ0) is 20.5. The summed E-state index contributed by atoms with van der Waals surface area (Å²) in [5.74, 6) is -3.15. The van der Waals surface area contributed by atoms with E-state index < -0.39 is 11.9 Å². The number of rotatable bonds is 2. The first-order valence-corrected chi connectivity index (χ1v) is 8.40. The molecule has 8 heteroatoms. The molecule has 0 amide bonds. The van der Waals surface area contributed by atoms with Gasteiger partial charge >= 0.3 is 23.9 Å². The lowest BCUT2D eigenvalue weighted by Gasteiger charge is -2.09. The highest BCUT2D eigenvalue weighted by Crippen LogP contribution is 2.10. The Bertz CT molecular complexity index is 798. The molecule has 2 bridgehead atoms. The van der Waals surface area contributed by atoms with Crippen LogP contribution in [0.15, 0.2) is 48.5 Å². The minimum Gasteiger partial charge on any atom is -0.478 e. The molecule has 0 spiro atoms. The van der Waals surface area contributed by atoms with Gasteiger partial charge in [-0.25, -0.2) is 19.2 Å². The molecular formula is C20H18O8. The fraction of sp³-hybridized carbons (Fsp3) is 0.200. The number of hydrogen-bond acceptors (Lipinski definition) is 6. The van der Waals surface area contributed by atoms with Crippen molar-refractivity contribution < 1.29 is 38.9 Å². The fourth-order valence-electron chi connectivity index (χ4n) is 2.30. The predicted molar refractivity (Wildman–Crippen MR) is 96.6 cm³/mol. The van der Waals surface area contributed by atoms with Crippen molar-refractivity contribution in [3.8, 4) is 0 Å². The van der Waals surface area contributed by atoms with Crippen molar-refractivity contribution in [1.82, 2.24) is 0 Å². The van der Waals surface area contributed by atoms with Crippen LogP contribution >= 0.6 is 0 Å². The topological polar surface area (TPSA) is 127 Å². The van der Waals surface area contributed by atoms with E-state index in [1.165, 1.54) is 24.3 Å². The normalized spacial score (nSPS) is 13.7. The maximum absolute atomic E-state index is 11.5. The van der Waals surface area contributed by atoms with Crippen LogP contribution in [0.5, 0.6) is 0 Å². The third-order valence-corrected chi connectivity index (χ3v) is 3.75. The Balaban J connectivity index is 0.000000209. The van der Waals surface area contributed by atoms with Gasteiger partial charge in [0.15, 0.2) is 0 Å². The quantitative estimate of drug-likeness (QED) is 0.754. The minimum atomic E-state index is -1.23. The number of carboxylic acid groups (broad SMARTS) is 2. The Hall–Kier alpha value is -3.68. The largest absolute Gasteiger partial charge is 0.478 e. The van der Waals surface area contributed by atoms with E-state index in [9.17, 15) is 19.2 Å². The summed E-state index contributed by atoms with van der Waals surface area (Å²) in [6.45, 7) is 0.719. The lowest BCUT2D eigenvalue weighted by atomic mass is 10.1. The van der Waals surface area contributed by atoms with Crippen molar-refractivity contribution in [3.05, 3.63) is 70.8 Å². The number of esters is 2. The Kier molecular flexibility index (Phi) is 7.27. The van der Waals surface area contributed by atoms with E-state index in [2.05, 4.69) is 0 Å². The summed E-state index contributed by atoms with van der Waals surface area (Å²) in [5, 5.41) is 17.1. The van der Waals surface area contributed by atoms with Gasteiger partial charge in [-0.3, -0.25) is 0 Å². The molecule has 2 N–H and O–H groups in total. The van der Waals surface area contributed by atoms with E-state index in [0.717, 1.165) is 0 Å². The predicted octanol–water partition coefficient (Wildman–Crippen LogP) is 2.88. The van der Waals surface area contributed by atoms with Gasteiger partial charge < -0.3 is 19.7 Å². The molecule has 2 aliphatic rings. The van der Waals surface area contributed by atoms with E-state index in [1.54, 1.807) is 24.3 Å². The van der Waals surface area contributed by atoms with Crippen LogP contribution in [0, 0.1) is 0 Å². The fourth-order valence-corrected chi connectivity index (χ4v) is 2.30. The molecule has 0 fully saturated rings. The summed E-state index contributed by atoms with van der Waals surface area (Å²) in [4.78, 5) is 43.9. The van der Waals surface area contributed by atoms with E-state index in [4.69, 9.17) is 19.7 Å². The van der Waals surface area contributed by atoms with Crippen LogP contribution in [0.3, 0.4) is 0 Å². The van der Waals surface area contributed by atoms with Crippen LogP contribution in [0.2, 0.25) is 0 Å². The second kappa shape index (κ2) is 9.86. The number of hydrogen-bond donors (Lipinski definition) is 2. The summed E-state index contributed by atoms with van der Waals surface area (Å²) >= 11 is 0. The van der Waals surface area contributed by atoms with E-state index >= 15 is 0 Å². The van der Waals surface area contributed by atoms with Crippen molar-refractivity contribution in [2.45, 2.75) is 12.8 Å². The molecular weight excluding hydrogens is 368 g/mol. The molecule has 0 aromatic heterocycles. The first-order valence-electron chi connectivity index (χ1n) is 8.40. The highest BCUT2D eigenvalue weighted by atomic mass is 16.5. The van der Waals surface area contributed by atoms with Gasteiger partial charge in [-0.15, -0.1) is 0 Å². The second-order valence-corrected chi connectivity index (χ2v) is 5.71. The molecule has 8 nitrogen and oxygen atoms in total. The smallest absolute Gasteiger partial charge is 0.338 e. The highest BCUT2D eigenvalue weighted by molar-refractivity contribution is 6.01. The van der Waals surface area contributed by atoms with Crippen molar-refractivity contribution in [3.63, 3.8) is 0 Å². The van der Waals surface area contributed by atoms with E-state index in [-0.39, 0.29) is 23.1 Å². The lowest BCUT2D eigenvalue weighted by Crippen LogP contribution is -2.12. The number of carboxylic acids is 2. The Morgan fingerprint density at radius 1 is 0.679 bits per heavy atom. The maximum Gasteiger partial charge on any atom is 0.338 e. The highest BCUT2D eigenvalue weighted by Gasteiger charge is 2.14. The van der Waals surface area contributed by atoms with E-state index in [0.29, 0.717) is 37.2 Å². The third kappa shape index (κ3) is 5.66. The SMILES string of the molecule is O=C(O)c1ccccc1C(=O)O.O=C1OCCCCOC(=O)c2ccc1cc2. The van der Waals surface area contributed by atoms with Crippen LogP contribution in [-0.4, -0.2) is 47.3 Å². The average molecular weight is 386 g/mol. The summed E-state index contributed by atoms with van der Waals surface area (Å²) < 4.78 is 10.1. The van der Waals surface area contributed by atoms with Crippen LogP contribution in [-0.2, 0) is 9.47 Å². The van der Waals surface area contributed by atoms with Gasteiger partial charge in [-0.1, -0.05) is 12.1 Å². The molecule has 0 radical (unpaired) electrons.